The SMILES string of the molecule is CCc1cccc(CC)c1N(CC(=O)N1CCN(c2ccccc2)CC1)C(C)=O. The van der Waals surface area contributed by atoms with E-state index in [0.29, 0.717) is 13.1 Å². The van der Waals surface area contributed by atoms with Gasteiger partial charge in [0, 0.05) is 38.8 Å². The van der Waals surface area contributed by atoms with E-state index in [1.54, 1.807) is 11.8 Å². The van der Waals surface area contributed by atoms with Crippen molar-refractivity contribution in [1.82, 2.24) is 4.90 Å². The van der Waals surface area contributed by atoms with Crippen LogP contribution in [-0.2, 0) is 22.4 Å². The average Bonchev–Trinajstić information content (AvgIpc) is 2.77. The van der Waals surface area contributed by atoms with E-state index in [1.165, 1.54) is 5.69 Å². The molecule has 29 heavy (non-hydrogen) atoms. The molecule has 0 bridgehead atoms. The normalized spacial score (nSPS) is 14.0. The maximum Gasteiger partial charge on any atom is 0.242 e. The van der Waals surface area contributed by atoms with Gasteiger partial charge < -0.3 is 14.7 Å². The van der Waals surface area contributed by atoms with Gasteiger partial charge in [-0.2, -0.15) is 0 Å². The van der Waals surface area contributed by atoms with Crippen LogP contribution >= 0.6 is 0 Å². The van der Waals surface area contributed by atoms with E-state index in [0.717, 1.165) is 42.7 Å². The Bertz CT molecular complexity index is 820. The summed E-state index contributed by atoms with van der Waals surface area (Å²) in [5.74, 6) is -0.0715. The second-order valence-electron chi connectivity index (χ2n) is 7.44. The van der Waals surface area contributed by atoms with Crippen LogP contribution in [0.4, 0.5) is 11.4 Å². The molecule has 3 rings (SSSR count). The van der Waals surface area contributed by atoms with Crippen molar-refractivity contribution in [3.63, 3.8) is 0 Å². The first-order valence-corrected chi connectivity index (χ1v) is 10.5. The molecule has 1 aliphatic heterocycles. The number of aryl methyl sites for hydroxylation is 2. The number of nitrogens with zero attached hydrogens (tertiary/aromatic N) is 3. The fourth-order valence-electron chi connectivity index (χ4n) is 4.00. The number of carbonyl (C=O) groups excluding carboxylic acids is 2. The van der Waals surface area contributed by atoms with Crippen LogP contribution in [0.15, 0.2) is 48.5 Å². The number of hydrogen-bond acceptors (Lipinski definition) is 3. The predicted octanol–water partition coefficient (Wildman–Crippen LogP) is 3.51. The molecule has 0 aromatic heterocycles. The number of piperazine rings is 1. The third kappa shape index (κ3) is 4.78. The van der Waals surface area contributed by atoms with Crippen molar-refractivity contribution in [2.45, 2.75) is 33.6 Å². The summed E-state index contributed by atoms with van der Waals surface area (Å²) < 4.78 is 0. The van der Waals surface area contributed by atoms with Crippen molar-refractivity contribution in [1.29, 1.82) is 0 Å². The van der Waals surface area contributed by atoms with Gasteiger partial charge in [0.1, 0.15) is 6.54 Å². The minimum atomic E-state index is -0.0862. The van der Waals surface area contributed by atoms with Crippen LogP contribution in [0.1, 0.15) is 31.9 Å². The van der Waals surface area contributed by atoms with Crippen LogP contribution in [0, 0.1) is 0 Å². The van der Waals surface area contributed by atoms with Crippen LogP contribution in [0.5, 0.6) is 0 Å². The molecule has 0 atom stereocenters. The van der Waals surface area contributed by atoms with Crippen molar-refractivity contribution in [3.05, 3.63) is 59.7 Å². The van der Waals surface area contributed by atoms with Gasteiger partial charge in [-0.3, -0.25) is 9.59 Å². The van der Waals surface area contributed by atoms with Crippen molar-refractivity contribution >= 4 is 23.2 Å². The van der Waals surface area contributed by atoms with Gasteiger partial charge in [0.05, 0.1) is 5.69 Å². The molecule has 1 heterocycles. The van der Waals surface area contributed by atoms with Gasteiger partial charge in [0.15, 0.2) is 0 Å². The molecule has 2 aromatic rings. The number of rotatable bonds is 6. The summed E-state index contributed by atoms with van der Waals surface area (Å²) in [5, 5.41) is 0. The Labute approximate surface area is 173 Å². The van der Waals surface area contributed by atoms with Crippen LogP contribution in [-0.4, -0.2) is 49.4 Å². The smallest absolute Gasteiger partial charge is 0.242 e. The second-order valence-corrected chi connectivity index (χ2v) is 7.44. The van der Waals surface area contributed by atoms with Gasteiger partial charge in [-0.1, -0.05) is 50.2 Å². The highest BCUT2D eigenvalue weighted by atomic mass is 16.2. The summed E-state index contributed by atoms with van der Waals surface area (Å²) >= 11 is 0. The van der Waals surface area contributed by atoms with Crippen LogP contribution in [0.25, 0.3) is 0 Å². The summed E-state index contributed by atoms with van der Waals surface area (Å²) in [6, 6.07) is 16.4. The van der Waals surface area contributed by atoms with Gasteiger partial charge in [0.2, 0.25) is 11.8 Å². The predicted molar refractivity (Wildman–Crippen MR) is 118 cm³/mol. The van der Waals surface area contributed by atoms with E-state index in [-0.39, 0.29) is 18.4 Å². The van der Waals surface area contributed by atoms with E-state index in [4.69, 9.17) is 0 Å². The number of anilines is 2. The number of benzene rings is 2. The highest BCUT2D eigenvalue weighted by Gasteiger charge is 2.26. The third-order valence-corrected chi connectivity index (χ3v) is 5.66. The molecule has 154 valence electrons. The number of para-hydroxylation sites is 2. The van der Waals surface area contributed by atoms with Gasteiger partial charge in [-0.15, -0.1) is 0 Å². The Kier molecular flexibility index (Phi) is 6.91. The second kappa shape index (κ2) is 9.59. The Morgan fingerprint density at radius 3 is 1.97 bits per heavy atom. The summed E-state index contributed by atoms with van der Waals surface area (Å²) in [6.45, 7) is 8.79. The first kappa shape index (κ1) is 20.9. The molecule has 1 aliphatic rings. The molecule has 5 nitrogen and oxygen atoms in total. The minimum Gasteiger partial charge on any atom is -0.368 e. The Morgan fingerprint density at radius 1 is 0.862 bits per heavy atom. The fourth-order valence-corrected chi connectivity index (χ4v) is 4.00. The topological polar surface area (TPSA) is 43.9 Å². The average molecular weight is 394 g/mol. The van der Waals surface area contributed by atoms with Crippen molar-refractivity contribution in [3.8, 4) is 0 Å². The maximum absolute atomic E-state index is 13.0. The standard InChI is InChI=1S/C24H31N3O2/c1-4-20-10-9-11-21(5-2)24(20)27(19(3)28)18-23(29)26-16-14-25(15-17-26)22-12-7-6-8-13-22/h6-13H,4-5,14-18H2,1-3H3. The summed E-state index contributed by atoms with van der Waals surface area (Å²) in [6.07, 6.45) is 1.66. The van der Waals surface area contributed by atoms with Crippen LogP contribution < -0.4 is 9.80 Å². The number of hydrogen-bond donors (Lipinski definition) is 0. The first-order valence-electron chi connectivity index (χ1n) is 10.5. The molecule has 1 saturated heterocycles. The van der Waals surface area contributed by atoms with Gasteiger partial charge in [0.25, 0.3) is 0 Å². The van der Waals surface area contributed by atoms with E-state index in [9.17, 15) is 9.59 Å². The van der Waals surface area contributed by atoms with Crippen molar-refractivity contribution in [2.75, 3.05) is 42.5 Å². The first-order chi connectivity index (χ1) is 14.0. The zero-order valence-corrected chi connectivity index (χ0v) is 17.7. The van der Waals surface area contributed by atoms with Crippen LogP contribution in [0.3, 0.4) is 0 Å². The Balaban J connectivity index is 1.71. The molecule has 0 aliphatic carbocycles. The molecule has 0 unspecified atom stereocenters. The molecular weight excluding hydrogens is 362 g/mol. The van der Waals surface area contributed by atoms with E-state index >= 15 is 0 Å². The minimum absolute atomic E-state index is 0.0147. The van der Waals surface area contributed by atoms with Gasteiger partial charge in [-0.25, -0.2) is 0 Å². The largest absolute Gasteiger partial charge is 0.368 e. The summed E-state index contributed by atoms with van der Waals surface area (Å²) in [4.78, 5) is 31.4. The van der Waals surface area contributed by atoms with E-state index in [1.807, 2.05) is 41.3 Å². The zero-order valence-electron chi connectivity index (χ0n) is 17.7. The van der Waals surface area contributed by atoms with E-state index in [2.05, 4.69) is 30.9 Å². The monoisotopic (exact) mass is 393 g/mol. The zero-order chi connectivity index (χ0) is 20.8. The maximum atomic E-state index is 13.0. The molecule has 0 spiro atoms. The molecule has 1 fully saturated rings. The summed E-state index contributed by atoms with van der Waals surface area (Å²) in [5.41, 5.74) is 4.33. The number of carbonyl (C=O) groups is 2. The Hall–Kier alpha value is -2.82. The lowest BCUT2D eigenvalue weighted by Gasteiger charge is -2.37. The molecule has 5 heteroatoms. The molecule has 0 N–H and O–H groups in total. The van der Waals surface area contributed by atoms with Crippen LogP contribution in [0.2, 0.25) is 0 Å². The summed E-state index contributed by atoms with van der Waals surface area (Å²) in [7, 11) is 0. The van der Waals surface area contributed by atoms with E-state index < -0.39 is 0 Å². The fraction of sp³-hybridized carbons (Fsp3) is 0.417. The highest BCUT2D eigenvalue weighted by Crippen LogP contribution is 2.27. The molecule has 0 saturated carbocycles. The molecule has 2 aromatic carbocycles. The van der Waals surface area contributed by atoms with Crippen molar-refractivity contribution < 1.29 is 9.59 Å². The molecular formula is C24H31N3O2. The lowest BCUT2D eigenvalue weighted by molar-refractivity contribution is -0.131. The van der Waals surface area contributed by atoms with Gasteiger partial charge in [-0.05, 0) is 36.1 Å². The van der Waals surface area contributed by atoms with Gasteiger partial charge >= 0.3 is 0 Å². The lowest BCUT2D eigenvalue weighted by Crippen LogP contribution is -2.52. The number of amides is 2. The highest BCUT2D eigenvalue weighted by molar-refractivity contribution is 5.98. The third-order valence-electron chi connectivity index (χ3n) is 5.66. The lowest BCUT2D eigenvalue weighted by atomic mass is 10.0. The quantitative estimate of drug-likeness (QED) is 0.754. The Morgan fingerprint density at radius 2 is 1.45 bits per heavy atom. The molecule has 2 amide bonds. The molecule has 0 radical (unpaired) electrons. The van der Waals surface area contributed by atoms with Crippen molar-refractivity contribution in [2.24, 2.45) is 0 Å².